The Labute approximate surface area is 80.0 Å². The summed E-state index contributed by atoms with van der Waals surface area (Å²) in [6.45, 7) is 0. The molecule has 0 spiro atoms. The summed E-state index contributed by atoms with van der Waals surface area (Å²) < 4.78 is 13.4. The van der Waals surface area contributed by atoms with E-state index in [9.17, 15) is 9.36 Å². The molecular weight excluding hydrogens is 209 g/mol. The molecule has 1 unspecified atom stereocenters. The van der Waals surface area contributed by atoms with Gasteiger partial charge in [-0.15, -0.1) is 0 Å². The first-order chi connectivity index (χ1) is 6.20. The lowest BCUT2D eigenvalue weighted by Gasteiger charge is -1.99. The average molecular weight is 217 g/mol. The van der Waals surface area contributed by atoms with Crippen LogP contribution in [0.1, 0.15) is 0 Å². The van der Waals surface area contributed by atoms with Gasteiger partial charge in [0, 0.05) is 16.9 Å². The van der Waals surface area contributed by atoms with Gasteiger partial charge in [-0.1, -0.05) is 30.3 Å². The normalized spacial score (nSPS) is 12.0. The maximum absolute atomic E-state index is 11.4. The van der Waals surface area contributed by atoms with Gasteiger partial charge in [-0.05, 0) is 0 Å². The van der Waals surface area contributed by atoms with Crippen molar-refractivity contribution in [1.29, 1.82) is 0 Å². The first kappa shape index (κ1) is 10.2. The van der Waals surface area contributed by atoms with Gasteiger partial charge in [0.05, 0.1) is 0 Å². The molecule has 0 aromatic heterocycles. The summed E-state index contributed by atoms with van der Waals surface area (Å²) >= 11 is 0.734. The molecule has 0 radical (unpaired) electrons. The van der Waals surface area contributed by atoms with Gasteiger partial charge >= 0.3 is 6.09 Å². The van der Waals surface area contributed by atoms with Crippen molar-refractivity contribution < 1.29 is 14.5 Å². The van der Waals surface area contributed by atoms with Gasteiger partial charge in [0.25, 0.3) is 0 Å². The molecule has 4 nitrogen and oxygen atoms in total. The molecule has 0 aliphatic heterocycles. The quantitative estimate of drug-likeness (QED) is 0.597. The van der Waals surface area contributed by atoms with E-state index in [0.717, 1.165) is 11.6 Å². The summed E-state index contributed by atoms with van der Waals surface area (Å²) in [6, 6.07) is 8.75. The number of nitrogens with one attached hydrogen (secondary N) is 1. The predicted molar refractivity (Wildman–Crippen MR) is 53.8 cm³/mol. The van der Waals surface area contributed by atoms with Crippen molar-refractivity contribution in [2.45, 2.75) is 0 Å². The fourth-order valence-electron chi connectivity index (χ4n) is 0.723. The van der Waals surface area contributed by atoms with Crippen LogP contribution in [0.3, 0.4) is 0 Å². The third-order valence-corrected chi connectivity index (χ3v) is 4.08. The first-order valence-corrected chi connectivity index (χ1v) is 6.40. The zero-order valence-electron chi connectivity index (χ0n) is 6.56. The molecule has 70 valence electrons. The molecule has 0 saturated carbocycles. The summed E-state index contributed by atoms with van der Waals surface area (Å²) in [7, 11) is -2.09. The van der Waals surface area contributed by atoms with Crippen LogP contribution in [0.15, 0.2) is 30.3 Å². The maximum atomic E-state index is 11.4. The maximum Gasteiger partial charge on any atom is 0.415 e. The van der Waals surface area contributed by atoms with E-state index in [1.54, 1.807) is 24.3 Å². The van der Waals surface area contributed by atoms with E-state index < -0.39 is 13.1 Å². The minimum absolute atomic E-state index is 0.659. The van der Waals surface area contributed by atoms with E-state index in [1.165, 1.54) is 0 Å². The van der Waals surface area contributed by atoms with Crippen LogP contribution in [0, 0.1) is 0 Å². The van der Waals surface area contributed by atoms with Crippen LogP contribution in [0.4, 0.5) is 4.79 Å². The lowest BCUT2D eigenvalue weighted by molar-refractivity contribution is 0.202. The fourth-order valence-corrected chi connectivity index (χ4v) is 2.79. The SMILES string of the molecule is O=C(O)NS[PH](=O)c1ccccc1. The minimum atomic E-state index is -2.09. The second-order valence-electron chi connectivity index (χ2n) is 2.16. The molecule has 0 bridgehead atoms. The number of benzene rings is 1. The van der Waals surface area contributed by atoms with Gasteiger partial charge in [0.15, 0.2) is 7.00 Å². The number of carboxylic acid groups (broad SMARTS) is 1. The number of amides is 1. The second kappa shape index (κ2) is 4.94. The monoisotopic (exact) mass is 217 g/mol. The van der Waals surface area contributed by atoms with E-state index in [2.05, 4.69) is 0 Å². The number of hydrogen-bond acceptors (Lipinski definition) is 3. The molecule has 6 heteroatoms. The van der Waals surface area contributed by atoms with Crippen LogP contribution in [0.5, 0.6) is 0 Å². The Balaban J connectivity index is 2.54. The highest BCUT2D eigenvalue weighted by atomic mass is 32.7. The number of hydrogen-bond donors (Lipinski definition) is 2. The molecule has 0 fully saturated rings. The van der Waals surface area contributed by atoms with Crippen LogP contribution < -0.4 is 10.0 Å². The van der Waals surface area contributed by atoms with E-state index in [-0.39, 0.29) is 0 Å². The molecule has 0 aliphatic carbocycles. The molecule has 2 N–H and O–H groups in total. The lowest BCUT2D eigenvalue weighted by atomic mass is 10.4. The van der Waals surface area contributed by atoms with Crippen molar-refractivity contribution in [2.24, 2.45) is 0 Å². The van der Waals surface area contributed by atoms with Crippen LogP contribution in [-0.4, -0.2) is 11.2 Å². The molecule has 1 rings (SSSR count). The average Bonchev–Trinajstić information content (AvgIpc) is 2.15. The molecule has 1 aromatic rings. The van der Waals surface area contributed by atoms with Crippen LogP contribution in [-0.2, 0) is 4.57 Å². The summed E-state index contributed by atoms with van der Waals surface area (Å²) in [5, 5.41) is 8.91. The molecular formula is C7H8NO3PS. The summed E-state index contributed by atoms with van der Waals surface area (Å²) in [5.41, 5.74) is 0. The van der Waals surface area contributed by atoms with Crippen molar-refractivity contribution in [3.63, 3.8) is 0 Å². The molecule has 13 heavy (non-hydrogen) atoms. The summed E-state index contributed by atoms with van der Waals surface area (Å²) in [5.74, 6) is 0. The first-order valence-electron chi connectivity index (χ1n) is 3.45. The Morgan fingerprint density at radius 3 is 2.54 bits per heavy atom. The third-order valence-electron chi connectivity index (χ3n) is 1.24. The third kappa shape index (κ3) is 3.53. The van der Waals surface area contributed by atoms with Crippen LogP contribution in [0.2, 0.25) is 0 Å². The highest BCUT2D eigenvalue weighted by molar-refractivity contribution is 8.52. The van der Waals surface area contributed by atoms with Crippen molar-refractivity contribution in [3.05, 3.63) is 30.3 Å². The molecule has 1 aromatic carbocycles. The molecule has 0 aliphatic rings. The van der Waals surface area contributed by atoms with E-state index >= 15 is 0 Å². The van der Waals surface area contributed by atoms with E-state index in [4.69, 9.17) is 5.11 Å². The Bertz CT molecular complexity index is 317. The van der Waals surface area contributed by atoms with E-state index in [0.29, 0.717) is 5.30 Å². The van der Waals surface area contributed by atoms with Crippen molar-refractivity contribution >= 4 is 30.0 Å². The standard InChI is InChI=1S/C7H8NO3PS/c9-7(10)8-13-12(11)6-4-2-1-3-5-6/h1-5,8,12H,(H,9,10). The highest BCUT2D eigenvalue weighted by Crippen LogP contribution is 2.33. The van der Waals surface area contributed by atoms with Gasteiger partial charge < -0.3 is 9.67 Å². The van der Waals surface area contributed by atoms with E-state index in [1.807, 2.05) is 10.8 Å². The largest absolute Gasteiger partial charge is 0.464 e. The molecule has 1 atom stereocenters. The number of rotatable bonds is 3. The molecule has 0 heterocycles. The minimum Gasteiger partial charge on any atom is -0.464 e. The lowest BCUT2D eigenvalue weighted by Crippen LogP contribution is -2.11. The Hall–Kier alpha value is -0.930. The fraction of sp³-hybridized carbons (Fsp3) is 0. The van der Waals surface area contributed by atoms with Gasteiger partial charge in [-0.25, -0.2) is 4.79 Å². The smallest absolute Gasteiger partial charge is 0.415 e. The Kier molecular flexibility index (Phi) is 3.86. The summed E-state index contributed by atoms with van der Waals surface area (Å²) in [6.07, 6.45) is -1.18. The Morgan fingerprint density at radius 2 is 2.00 bits per heavy atom. The highest BCUT2D eigenvalue weighted by Gasteiger charge is 2.04. The van der Waals surface area contributed by atoms with Crippen LogP contribution >= 0.6 is 18.6 Å². The van der Waals surface area contributed by atoms with Gasteiger partial charge in [-0.2, -0.15) is 0 Å². The molecule has 0 saturated heterocycles. The molecule has 1 amide bonds. The van der Waals surface area contributed by atoms with Crippen LogP contribution in [0.25, 0.3) is 0 Å². The van der Waals surface area contributed by atoms with Crippen molar-refractivity contribution in [2.75, 3.05) is 0 Å². The topological polar surface area (TPSA) is 66.4 Å². The zero-order valence-corrected chi connectivity index (χ0v) is 8.38. The zero-order chi connectivity index (χ0) is 9.68. The van der Waals surface area contributed by atoms with Gasteiger partial charge in [0.1, 0.15) is 0 Å². The van der Waals surface area contributed by atoms with Crippen molar-refractivity contribution in [3.8, 4) is 0 Å². The van der Waals surface area contributed by atoms with Gasteiger partial charge in [-0.3, -0.25) is 4.72 Å². The number of carbonyl (C=O) groups is 1. The summed E-state index contributed by atoms with van der Waals surface area (Å²) in [4.78, 5) is 10.1. The van der Waals surface area contributed by atoms with Gasteiger partial charge in [0.2, 0.25) is 0 Å². The van der Waals surface area contributed by atoms with Crippen molar-refractivity contribution in [1.82, 2.24) is 4.72 Å². The predicted octanol–water partition coefficient (Wildman–Crippen LogP) is 1.70. The second-order valence-corrected chi connectivity index (χ2v) is 5.45. The Morgan fingerprint density at radius 1 is 1.38 bits per heavy atom.